The molecule has 0 saturated carbocycles. The molecule has 0 spiro atoms. The van der Waals surface area contributed by atoms with Crippen molar-refractivity contribution in [1.82, 2.24) is 10.6 Å². The van der Waals surface area contributed by atoms with E-state index in [1.165, 1.54) is 24.3 Å². The number of carbonyl (C=O) groups excluding carboxylic acids is 1. The number of furan rings is 1. The maximum atomic E-state index is 12.1. The van der Waals surface area contributed by atoms with Crippen LogP contribution in [0.25, 0.3) is 11.0 Å². The van der Waals surface area contributed by atoms with Crippen LogP contribution in [0.1, 0.15) is 10.6 Å². The number of nitrogens with one attached hydrogen (secondary N) is 2. The van der Waals surface area contributed by atoms with Gasteiger partial charge in [-0.25, -0.2) is 0 Å². The Hall–Kier alpha value is -2.45. The molecule has 1 fully saturated rings. The number of non-ortho nitro benzene ring substituents is 1. The second-order valence-corrected chi connectivity index (χ2v) is 5.29. The van der Waals surface area contributed by atoms with Crippen LogP contribution in [0.2, 0.25) is 0 Å². The van der Waals surface area contributed by atoms with Crippen LogP contribution in [0.4, 0.5) is 5.69 Å². The minimum absolute atomic E-state index is 0.0329. The fraction of sp³-hybridized carbons (Fsp3) is 0.357. The van der Waals surface area contributed by atoms with Gasteiger partial charge in [0, 0.05) is 43.1 Å². The van der Waals surface area contributed by atoms with E-state index in [2.05, 4.69) is 10.6 Å². The van der Waals surface area contributed by atoms with Gasteiger partial charge >= 0.3 is 0 Å². The lowest BCUT2D eigenvalue weighted by Gasteiger charge is -2.13. The van der Waals surface area contributed by atoms with Gasteiger partial charge in [0.25, 0.3) is 11.6 Å². The van der Waals surface area contributed by atoms with E-state index in [0.717, 1.165) is 0 Å². The molecular weight excluding hydrogens is 290 g/mol. The summed E-state index contributed by atoms with van der Waals surface area (Å²) >= 11 is 0. The van der Waals surface area contributed by atoms with Crippen molar-refractivity contribution >= 4 is 22.6 Å². The molecule has 1 aromatic heterocycles. The number of nitro groups is 1. The molecule has 3 rings (SSSR count). The second kappa shape index (κ2) is 5.74. The summed E-state index contributed by atoms with van der Waals surface area (Å²) in [5.41, 5.74) is 0.360. The second-order valence-electron chi connectivity index (χ2n) is 5.29. The summed E-state index contributed by atoms with van der Waals surface area (Å²) in [6.45, 7) is 1.51. The Morgan fingerprint density at radius 3 is 2.95 bits per heavy atom. The molecule has 8 heteroatoms. The van der Waals surface area contributed by atoms with Crippen LogP contribution < -0.4 is 10.6 Å². The monoisotopic (exact) mass is 305 g/mol. The standard InChI is InChI=1S/C14H15N3O5/c18-11-7-15-5-9(11)6-16-14(19)13-4-8-3-10(17(20)21)1-2-12(8)22-13/h1-4,9,11,15,18H,5-7H2,(H,16,19). The van der Waals surface area contributed by atoms with Crippen molar-refractivity contribution in [2.45, 2.75) is 6.10 Å². The summed E-state index contributed by atoms with van der Waals surface area (Å²) in [5, 5.41) is 26.6. The SMILES string of the molecule is O=C(NCC1CNCC1O)c1cc2cc([N+](=O)[O-])ccc2o1. The van der Waals surface area contributed by atoms with Gasteiger partial charge in [-0.3, -0.25) is 14.9 Å². The van der Waals surface area contributed by atoms with E-state index in [-0.39, 0.29) is 17.4 Å². The summed E-state index contributed by atoms with van der Waals surface area (Å²) in [4.78, 5) is 22.3. The number of β-amino-alcohol motifs (C(OH)–C–C–N with tert-alkyl or cyclic N) is 1. The van der Waals surface area contributed by atoms with E-state index in [1.807, 2.05) is 0 Å². The predicted molar refractivity (Wildman–Crippen MR) is 77.6 cm³/mol. The molecule has 22 heavy (non-hydrogen) atoms. The average molecular weight is 305 g/mol. The van der Waals surface area contributed by atoms with Gasteiger partial charge < -0.3 is 20.2 Å². The molecule has 1 amide bonds. The Morgan fingerprint density at radius 1 is 1.45 bits per heavy atom. The number of benzene rings is 1. The molecule has 2 heterocycles. The first-order valence-electron chi connectivity index (χ1n) is 6.89. The number of fused-ring (bicyclic) bond motifs is 1. The highest BCUT2D eigenvalue weighted by atomic mass is 16.6. The molecule has 3 N–H and O–H groups in total. The van der Waals surface area contributed by atoms with E-state index in [0.29, 0.717) is 30.6 Å². The lowest BCUT2D eigenvalue weighted by atomic mass is 10.1. The highest BCUT2D eigenvalue weighted by Crippen LogP contribution is 2.24. The number of nitrogens with zero attached hydrogens (tertiary/aromatic N) is 1. The average Bonchev–Trinajstić information content (AvgIpc) is 3.09. The van der Waals surface area contributed by atoms with Gasteiger partial charge in [-0.1, -0.05) is 0 Å². The molecular formula is C14H15N3O5. The minimum Gasteiger partial charge on any atom is -0.451 e. The van der Waals surface area contributed by atoms with E-state index in [9.17, 15) is 20.0 Å². The number of amides is 1. The Morgan fingerprint density at radius 2 is 2.27 bits per heavy atom. The fourth-order valence-corrected chi connectivity index (χ4v) is 2.49. The Labute approximate surface area is 125 Å². The number of aliphatic hydroxyl groups excluding tert-OH is 1. The third-order valence-electron chi connectivity index (χ3n) is 3.76. The van der Waals surface area contributed by atoms with Gasteiger partial charge in [0.15, 0.2) is 5.76 Å². The smallest absolute Gasteiger partial charge is 0.287 e. The summed E-state index contributed by atoms with van der Waals surface area (Å²) in [5.74, 6) is -0.344. The number of hydrogen-bond acceptors (Lipinski definition) is 6. The lowest BCUT2D eigenvalue weighted by Crippen LogP contribution is -2.34. The summed E-state index contributed by atoms with van der Waals surface area (Å²) in [7, 11) is 0. The zero-order chi connectivity index (χ0) is 15.7. The van der Waals surface area contributed by atoms with Crippen LogP contribution in [-0.4, -0.2) is 41.7 Å². The van der Waals surface area contributed by atoms with Crippen molar-refractivity contribution in [1.29, 1.82) is 0 Å². The number of aliphatic hydroxyl groups is 1. The molecule has 1 aliphatic heterocycles. The van der Waals surface area contributed by atoms with Crippen LogP contribution >= 0.6 is 0 Å². The third kappa shape index (κ3) is 2.78. The molecule has 1 aliphatic rings. The van der Waals surface area contributed by atoms with E-state index < -0.39 is 16.9 Å². The van der Waals surface area contributed by atoms with Gasteiger partial charge in [-0.2, -0.15) is 0 Å². The van der Waals surface area contributed by atoms with Crippen molar-refractivity contribution in [3.8, 4) is 0 Å². The minimum atomic E-state index is -0.499. The van der Waals surface area contributed by atoms with Crippen molar-refractivity contribution in [3.63, 3.8) is 0 Å². The zero-order valence-electron chi connectivity index (χ0n) is 11.6. The van der Waals surface area contributed by atoms with Crippen LogP contribution in [-0.2, 0) is 0 Å². The Kier molecular flexibility index (Phi) is 3.78. The fourth-order valence-electron chi connectivity index (χ4n) is 2.49. The van der Waals surface area contributed by atoms with Gasteiger partial charge in [0.05, 0.1) is 11.0 Å². The molecule has 2 aromatic rings. The van der Waals surface area contributed by atoms with Crippen molar-refractivity contribution < 1.29 is 19.2 Å². The maximum absolute atomic E-state index is 12.1. The van der Waals surface area contributed by atoms with Crippen molar-refractivity contribution in [3.05, 3.63) is 40.1 Å². The summed E-state index contributed by atoms with van der Waals surface area (Å²) < 4.78 is 5.39. The zero-order valence-corrected chi connectivity index (χ0v) is 11.6. The van der Waals surface area contributed by atoms with Crippen LogP contribution in [0.3, 0.4) is 0 Å². The first-order chi connectivity index (χ1) is 10.5. The van der Waals surface area contributed by atoms with Crippen LogP contribution in [0.5, 0.6) is 0 Å². The largest absolute Gasteiger partial charge is 0.451 e. The molecule has 2 unspecified atom stereocenters. The van der Waals surface area contributed by atoms with Gasteiger partial charge in [0.2, 0.25) is 0 Å². The number of hydrogen-bond donors (Lipinski definition) is 3. The third-order valence-corrected chi connectivity index (χ3v) is 3.76. The van der Waals surface area contributed by atoms with Crippen molar-refractivity contribution in [2.75, 3.05) is 19.6 Å². The predicted octanol–water partition coefficient (Wildman–Crippen LogP) is 0.651. The van der Waals surface area contributed by atoms with E-state index in [4.69, 9.17) is 4.42 Å². The first-order valence-corrected chi connectivity index (χ1v) is 6.89. The first kappa shape index (κ1) is 14.5. The highest BCUT2D eigenvalue weighted by molar-refractivity contribution is 5.96. The molecule has 1 aromatic carbocycles. The van der Waals surface area contributed by atoms with Gasteiger partial charge in [-0.15, -0.1) is 0 Å². The van der Waals surface area contributed by atoms with Crippen molar-refractivity contribution in [2.24, 2.45) is 5.92 Å². The number of rotatable bonds is 4. The van der Waals surface area contributed by atoms with E-state index in [1.54, 1.807) is 0 Å². The lowest BCUT2D eigenvalue weighted by molar-refractivity contribution is -0.384. The molecule has 0 aliphatic carbocycles. The summed E-state index contributed by atoms with van der Waals surface area (Å²) in [6, 6.07) is 5.63. The summed E-state index contributed by atoms with van der Waals surface area (Å²) in [6.07, 6.45) is -0.473. The highest BCUT2D eigenvalue weighted by Gasteiger charge is 2.25. The molecule has 1 saturated heterocycles. The maximum Gasteiger partial charge on any atom is 0.287 e. The number of carbonyl (C=O) groups is 1. The Bertz CT molecular complexity index is 726. The van der Waals surface area contributed by atoms with Crippen LogP contribution in [0.15, 0.2) is 28.7 Å². The molecule has 0 bridgehead atoms. The quantitative estimate of drug-likeness (QED) is 0.564. The number of nitro benzene ring substituents is 1. The molecule has 0 radical (unpaired) electrons. The van der Waals surface area contributed by atoms with Gasteiger partial charge in [0.1, 0.15) is 5.58 Å². The van der Waals surface area contributed by atoms with Gasteiger partial charge in [-0.05, 0) is 12.1 Å². The van der Waals surface area contributed by atoms with Crippen LogP contribution in [0, 0.1) is 16.0 Å². The molecule has 2 atom stereocenters. The van der Waals surface area contributed by atoms with E-state index >= 15 is 0 Å². The molecule has 116 valence electrons. The topological polar surface area (TPSA) is 118 Å². The molecule has 8 nitrogen and oxygen atoms in total. The normalized spacial score (nSPS) is 21.1. The Balaban J connectivity index is 1.72.